The number of nitrogens with zero attached hydrogens (tertiary/aromatic N) is 2. The number of hydrogen-bond acceptors (Lipinski definition) is 3. The van der Waals surface area contributed by atoms with Gasteiger partial charge >= 0.3 is 0 Å². The summed E-state index contributed by atoms with van der Waals surface area (Å²) in [7, 11) is 0. The topological polar surface area (TPSA) is 38.9 Å². The summed E-state index contributed by atoms with van der Waals surface area (Å²) in [5.74, 6) is 0.958. The molecule has 248 valence electrons. The summed E-state index contributed by atoms with van der Waals surface area (Å²) in [6.45, 7) is 0. The lowest BCUT2D eigenvalue weighted by atomic mass is 9.67. The Kier molecular flexibility index (Phi) is 6.68. The molecular weight excluding hydrogens is 645 g/mol. The molecule has 1 unspecified atom stereocenters. The van der Waals surface area contributed by atoms with E-state index in [4.69, 9.17) is 14.4 Å². The van der Waals surface area contributed by atoms with Crippen molar-refractivity contribution in [2.24, 2.45) is 5.92 Å². The maximum atomic E-state index is 6.45. The molecule has 0 fully saturated rings. The first kappa shape index (κ1) is 29.8. The Morgan fingerprint density at radius 3 is 2.06 bits per heavy atom. The van der Waals surface area contributed by atoms with Gasteiger partial charge in [0.1, 0.15) is 11.2 Å². The Morgan fingerprint density at radius 1 is 0.566 bits per heavy atom. The van der Waals surface area contributed by atoms with E-state index >= 15 is 0 Å². The molecule has 0 spiro atoms. The molecule has 5 aromatic carbocycles. The lowest BCUT2D eigenvalue weighted by Gasteiger charge is -2.36. The highest BCUT2D eigenvalue weighted by Gasteiger charge is 2.34. The summed E-state index contributed by atoms with van der Waals surface area (Å²) >= 11 is 0. The molecular formula is C50H32N2O. The third kappa shape index (κ3) is 4.82. The van der Waals surface area contributed by atoms with Gasteiger partial charge in [-0.2, -0.15) is 0 Å². The molecule has 11 rings (SSSR count). The average molecular weight is 677 g/mol. The zero-order chi connectivity index (χ0) is 34.9. The minimum absolute atomic E-state index is 0.283. The van der Waals surface area contributed by atoms with Crippen molar-refractivity contribution >= 4 is 27.5 Å². The van der Waals surface area contributed by atoms with E-state index in [2.05, 4.69) is 152 Å². The van der Waals surface area contributed by atoms with Crippen LogP contribution < -0.4 is 0 Å². The quantitative estimate of drug-likeness (QED) is 0.182. The molecule has 3 nitrogen and oxygen atoms in total. The Labute approximate surface area is 307 Å². The van der Waals surface area contributed by atoms with Crippen LogP contribution in [0.5, 0.6) is 0 Å². The molecule has 0 aliphatic heterocycles. The van der Waals surface area contributed by atoms with Crippen LogP contribution in [0.25, 0.3) is 72.5 Å². The highest BCUT2D eigenvalue weighted by molar-refractivity contribution is 6.15. The Morgan fingerprint density at radius 2 is 1.28 bits per heavy atom. The molecule has 1 atom stereocenters. The number of rotatable bonds is 5. The number of fused-ring (bicyclic) bond motifs is 3. The molecule has 0 radical (unpaired) electrons. The van der Waals surface area contributed by atoms with Gasteiger partial charge in [-0.25, -0.2) is 9.97 Å². The van der Waals surface area contributed by atoms with Crippen LogP contribution in [-0.2, 0) is 0 Å². The second kappa shape index (κ2) is 11.9. The maximum Gasteiger partial charge on any atom is 0.161 e. The number of para-hydroxylation sites is 1. The first-order valence-electron chi connectivity index (χ1n) is 18.2. The van der Waals surface area contributed by atoms with E-state index in [9.17, 15) is 0 Å². The zero-order valence-electron chi connectivity index (χ0n) is 28.8. The first-order chi connectivity index (χ1) is 26.3. The van der Waals surface area contributed by atoms with Crippen molar-refractivity contribution in [1.29, 1.82) is 0 Å². The lowest BCUT2D eigenvalue weighted by molar-refractivity contribution is 0.669. The normalized spacial score (nSPS) is 17.0. The molecule has 0 bridgehead atoms. The first-order valence-corrected chi connectivity index (χ1v) is 18.2. The predicted octanol–water partition coefficient (Wildman–Crippen LogP) is 12.7. The van der Waals surface area contributed by atoms with Crippen molar-refractivity contribution in [2.75, 3.05) is 0 Å². The molecule has 0 saturated carbocycles. The van der Waals surface area contributed by atoms with E-state index in [1.807, 2.05) is 24.3 Å². The number of allylic oxidation sites excluding steroid dienone is 14. The highest BCUT2D eigenvalue weighted by Crippen LogP contribution is 2.50. The van der Waals surface area contributed by atoms with Crippen molar-refractivity contribution in [1.82, 2.24) is 9.97 Å². The molecule has 2 heterocycles. The average Bonchev–Trinajstić information content (AvgIpc) is 3.62. The molecule has 4 aliphatic carbocycles. The van der Waals surface area contributed by atoms with Gasteiger partial charge in [-0.15, -0.1) is 0 Å². The van der Waals surface area contributed by atoms with E-state index in [1.165, 1.54) is 39.0 Å². The van der Waals surface area contributed by atoms with Crippen molar-refractivity contribution in [2.45, 2.75) is 6.42 Å². The minimum atomic E-state index is 0.283. The molecule has 2 aromatic heterocycles. The summed E-state index contributed by atoms with van der Waals surface area (Å²) in [6, 6.07) is 44.4. The number of benzene rings is 5. The zero-order valence-corrected chi connectivity index (χ0v) is 28.8. The number of hydrogen-bond donors (Lipinski definition) is 0. The fourth-order valence-electron chi connectivity index (χ4n) is 8.56. The lowest BCUT2D eigenvalue weighted by Crippen LogP contribution is -2.21. The fraction of sp³-hybridized carbons (Fsp3) is 0.0400. The summed E-state index contributed by atoms with van der Waals surface area (Å²) < 4.78 is 6.45. The molecule has 3 heteroatoms. The Bertz CT molecular complexity index is 2820. The summed E-state index contributed by atoms with van der Waals surface area (Å²) in [6.07, 6.45) is 19.4. The highest BCUT2D eigenvalue weighted by atomic mass is 16.3. The molecule has 53 heavy (non-hydrogen) atoms. The third-order valence-electron chi connectivity index (χ3n) is 11.0. The number of furan rings is 1. The predicted molar refractivity (Wildman–Crippen MR) is 217 cm³/mol. The van der Waals surface area contributed by atoms with E-state index in [0.29, 0.717) is 5.82 Å². The Hall–Kier alpha value is -6.84. The van der Waals surface area contributed by atoms with Crippen LogP contribution >= 0.6 is 0 Å². The van der Waals surface area contributed by atoms with Crippen LogP contribution in [0, 0.1) is 5.92 Å². The maximum absolute atomic E-state index is 6.45. The van der Waals surface area contributed by atoms with Crippen molar-refractivity contribution in [3.8, 4) is 45.0 Å². The Balaban J connectivity index is 1.10. The number of aromatic nitrogens is 2. The minimum Gasteiger partial charge on any atom is -0.456 e. The van der Waals surface area contributed by atoms with Crippen LogP contribution in [0.3, 0.4) is 0 Å². The van der Waals surface area contributed by atoms with Gasteiger partial charge in [0.05, 0.1) is 11.4 Å². The van der Waals surface area contributed by atoms with Crippen molar-refractivity contribution in [3.05, 3.63) is 209 Å². The third-order valence-corrected chi connectivity index (χ3v) is 11.0. The van der Waals surface area contributed by atoms with E-state index in [1.54, 1.807) is 0 Å². The van der Waals surface area contributed by atoms with Gasteiger partial charge in [-0.05, 0) is 75.3 Å². The van der Waals surface area contributed by atoms with Gasteiger partial charge in [-0.1, -0.05) is 152 Å². The summed E-state index contributed by atoms with van der Waals surface area (Å²) in [5.41, 5.74) is 18.1. The SMILES string of the molecule is C1=CC2=C3C(=CC=C4C=CC(c5ccc(-c6c(-c7nc(-c8ccccc8)cc(-c8ccccc8)n7)ccc7oc8ccccc8c67)cc5)=C(C=C2)C43)C1. The monoisotopic (exact) mass is 676 g/mol. The summed E-state index contributed by atoms with van der Waals surface area (Å²) in [5, 5.41) is 2.14. The standard InChI is InChI=1S/C50H32N2O/c1-3-10-32(11-4-1)42-30-43(33-12-5-2-6-13-33)52-50(51-42)41-28-29-45-49(40-16-7-8-17-44(40)53-45)48(41)36-20-18-31(19-21-36)38-26-24-37-23-22-34-14-9-15-35-25-27-39(38)47(37)46(34)35/h1-13,15-30,47H,14H2. The van der Waals surface area contributed by atoms with Gasteiger partial charge < -0.3 is 4.42 Å². The molecule has 0 saturated heterocycles. The van der Waals surface area contributed by atoms with Gasteiger partial charge in [0.25, 0.3) is 0 Å². The van der Waals surface area contributed by atoms with E-state index < -0.39 is 0 Å². The van der Waals surface area contributed by atoms with Crippen LogP contribution in [0.4, 0.5) is 0 Å². The largest absolute Gasteiger partial charge is 0.456 e. The smallest absolute Gasteiger partial charge is 0.161 e. The van der Waals surface area contributed by atoms with Crippen molar-refractivity contribution < 1.29 is 4.42 Å². The molecule has 7 aromatic rings. The molecule has 0 N–H and O–H groups in total. The molecule has 0 amide bonds. The van der Waals surface area contributed by atoms with Gasteiger partial charge in [-0.3, -0.25) is 0 Å². The van der Waals surface area contributed by atoms with Crippen LogP contribution in [0.15, 0.2) is 208 Å². The van der Waals surface area contributed by atoms with Crippen LogP contribution in [-0.4, -0.2) is 9.97 Å². The van der Waals surface area contributed by atoms with Gasteiger partial charge in [0.2, 0.25) is 0 Å². The van der Waals surface area contributed by atoms with Crippen LogP contribution in [0.2, 0.25) is 0 Å². The van der Waals surface area contributed by atoms with E-state index in [0.717, 1.165) is 67.6 Å². The van der Waals surface area contributed by atoms with Gasteiger partial charge in [0, 0.05) is 38.9 Å². The van der Waals surface area contributed by atoms with E-state index in [-0.39, 0.29) is 5.92 Å². The fourth-order valence-corrected chi connectivity index (χ4v) is 8.56. The van der Waals surface area contributed by atoms with Crippen LogP contribution in [0.1, 0.15) is 12.0 Å². The van der Waals surface area contributed by atoms with Gasteiger partial charge in [0.15, 0.2) is 5.82 Å². The molecule has 4 aliphatic rings. The van der Waals surface area contributed by atoms with Crippen molar-refractivity contribution in [3.63, 3.8) is 0 Å². The second-order valence-corrected chi connectivity index (χ2v) is 14.0. The second-order valence-electron chi connectivity index (χ2n) is 14.0. The summed E-state index contributed by atoms with van der Waals surface area (Å²) in [4.78, 5) is 10.5.